The molecule has 0 radical (unpaired) electrons. The fourth-order valence-electron chi connectivity index (χ4n) is 2.12. The molecule has 0 bridgehead atoms. The normalized spacial score (nSPS) is 10.0. The highest BCUT2D eigenvalue weighted by Crippen LogP contribution is 2.32. The summed E-state index contributed by atoms with van der Waals surface area (Å²) in [5, 5.41) is 26.2. The average molecular weight is 312 g/mol. The smallest absolute Gasteiger partial charge is 0.147 e. The second-order valence-electron chi connectivity index (χ2n) is 4.84. The molecule has 1 N–H and O–H groups in total. The van der Waals surface area contributed by atoms with Crippen molar-refractivity contribution < 1.29 is 0 Å². The molecular weight excluding hydrogens is 296 g/mol. The van der Waals surface area contributed by atoms with E-state index in [2.05, 4.69) is 27.3 Å². The molecule has 0 saturated carbocycles. The van der Waals surface area contributed by atoms with Crippen molar-refractivity contribution >= 4 is 17.6 Å². The van der Waals surface area contributed by atoms with Gasteiger partial charge in [-0.15, -0.1) is 11.8 Å². The van der Waals surface area contributed by atoms with Crippen molar-refractivity contribution in [3.8, 4) is 12.1 Å². The van der Waals surface area contributed by atoms with E-state index < -0.39 is 0 Å². The van der Waals surface area contributed by atoms with Crippen molar-refractivity contribution in [1.29, 1.82) is 10.5 Å². The minimum absolute atomic E-state index is 0.483. The maximum absolute atomic E-state index is 9.49. The van der Waals surface area contributed by atoms with E-state index in [1.165, 1.54) is 11.8 Å². The van der Waals surface area contributed by atoms with E-state index in [0.29, 0.717) is 34.1 Å². The van der Waals surface area contributed by atoms with Crippen molar-refractivity contribution in [3.05, 3.63) is 34.6 Å². The maximum Gasteiger partial charge on any atom is 0.147 e. The van der Waals surface area contributed by atoms with E-state index >= 15 is 0 Å². The van der Waals surface area contributed by atoms with Crippen LogP contribution in [0.3, 0.4) is 0 Å². The predicted molar refractivity (Wildman–Crippen MR) is 85.5 cm³/mol. The van der Waals surface area contributed by atoms with Gasteiger partial charge in [0.25, 0.3) is 0 Å². The molecule has 0 aliphatic carbocycles. The maximum atomic E-state index is 9.49. The van der Waals surface area contributed by atoms with Crippen molar-refractivity contribution in [2.24, 2.45) is 0 Å². The van der Waals surface area contributed by atoms with E-state index in [0.717, 1.165) is 11.1 Å². The van der Waals surface area contributed by atoms with Crippen LogP contribution in [0.1, 0.15) is 29.2 Å². The number of anilines is 1. The van der Waals surface area contributed by atoms with Gasteiger partial charge in [0.15, 0.2) is 0 Å². The Hall–Kier alpha value is -2.51. The minimum Gasteiger partial charge on any atom is -0.362 e. The third-order valence-corrected chi connectivity index (χ3v) is 4.23. The molecule has 2 aromatic heterocycles. The fraction of sp³-hybridized carbons (Fsp3) is 0.333. The quantitative estimate of drug-likeness (QED) is 0.853. The van der Waals surface area contributed by atoms with E-state index in [1.54, 1.807) is 11.1 Å². The van der Waals surface area contributed by atoms with E-state index in [-0.39, 0.29) is 0 Å². The summed E-state index contributed by atoms with van der Waals surface area (Å²) in [7, 11) is 3.69. The fourth-order valence-corrected chi connectivity index (χ4v) is 3.05. The van der Waals surface area contributed by atoms with Crippen LogP contribution in [0.25, 0.3) is 0 Å². The highest BCUT2D eigenvalue weighted by atomic mass is 32.2. The van der Waals surface area contributed by atoms with Crippen molar-refractivity contribution in [3.63, 3.8) is 0 Å². The lowest BCUT2D eigenvalue weighted by Crippen LogP contribution is -2.15. The summed E-state index contributed by atoms with van der Waals surface area (Å²) in [6.45, 7) is 1.95. The van der Waals surface area contributed by atoms with Gasteiger partial charge in [-0.1, -0.05) is 6.92 Å². The number of nitriles is 2. The number of pyridine rings is 1. The van der Waals surface area contributed by atoms with Gasteiger partial charge in [0.2, 0.25) is 0 Å². The predicted octanol–water partition coefficient (Wildman–Crippen LogP) is 2.47. The lowest BCUT2D eigenvalue weighted by Gasteiger charge is -2.18. The van der Waals surface area contributed by atoms with Crippen molar-refractivity contribution in [2.45, 2.75) is 24.1 Å². The van der Waals surface area contributed by atoms with Gasteiger partial charge in [0, 0.05) is 31.6 Å². The molecule has 0 aliphatic heterocycles. The first-order valence-electron chi connectivity index (χ1n) is 6.77. The Labute approximate surface area is 133 Å². The van der Waals surface area contributed by atoms with Crippen LogP contribution in [0.15, 0.2) is 17.4 Å². The number of H-pyrrole nitrogens is 1. The molecule has 0 unspecified atom stereocenters. The molecule has 6 nitrogen and oxygen atoms in total. The molecule has 0 fully saturated rings. The topological polar surface area (TPSA) is 92.4 Å². The molecule has 2 aromatic rings. The van der Waals surface area contributed by atoms with Gasteiger partial charge < -0.3 is 4.90 Å². The molecule has 0 aromatic carbocycles. The number of hydrogen-bond donors (Lipinski definition) is 1. The first-order valence-corrected chi connectivity index (χ1v) is 7.75. The van der Waals surface area contributed by atoms with Gasteiger partial charge in [-0.05, 0) is 12.0 Å². The van der Waals surface area contributed by atoms with Gasteiger partial charge in [0.1, 0.15) is 23.0 Å². The molecule has 0 spiro atoms. The van der Waals surface area contributed by atoms with Crippen LogP contribution in [0.4, 0.5) is 5.82 Å². The highest BCUT2D eigenvalue weighted by Gasteiger charge is 2.20. The van der Waals surface area contributed by atoms with Crippen LogP contribution in [0, 0.1) is 22.7 Å². The van der Waals surface area contributed by atoms with Crippen LogP contribution in [-0.4, -0.2) is 29.3 Å². The Morgan fingerprint density at radius 2 is 2.00 bits per heavy atom. The Morgan fingerprint density at radius 1 is 1.27 bits per heavy atom. The molecule has 7 heteroatoms. The van der Waals surface area contributed by atoms with Crippen molar-refractivity contribution in [2.75, 3.05) is 19.0 Å². The van der Waals surface area contributed by atoms with Crippen LogP contribution < -0.4 is 4.90 Å². The van der Waals surface area contributed by atoms with Crippen LogP contribution >= 0.6 is 11.8 Å². The second kappa shape index (κ2) is 6.97. The largest absolute Gasteiger partial charge is 0.362 e. The Bertz CT molecular complexity index is 737. The summed E-state index contributed by atoms with van der Waals surface area (Å²) < 4.78 is 0. The zero-order valence-corrected chi connectivity index (χ0v) is 13.5. The Balaban J connectivity index is 2.50. The molecule has 0 aliphatic rings. The van der Waals surface area contributed by atoms with Crippen LogP contribution in [-0.2, 0) is 12.2 Å². The first-order chi connectivity index (χ1) is 10.6. The SMILES string of the molecule is CCc1c(C#N)c(SCc2cn[nH]c2)nc(N(C)C)c1C#N. The standard InChI is InChI=1S/C15H16N6S/c1-4-11-12(5-16)14(21(2)3)20-15(13(11)6-17)22-9-10-7-18-19-8-10/h7-8H,4,9H2,1-3H3,(H,18,19). The average Bonchev–Trinajstić information content (AvgIpc) is 3.04. The Morgan fingerprint density at radius 3 is 2.50 bits per heavy atom. The van der Waals surface area contributed by atoms with Gasteiger partial charge in [0.05, 0.1) is 17.3 Å². The van der Waals surface area contributed by atoms with Gasteiger partial charge in [-0.25, -0.2) is 4.98 Å². The van der Waals surface area contributed by atoms with Gasteiger partial charge >= 0.3 is 0 Å². The number of thioether (sulfide) groups is 1. The number of hydrogen-bond acceptors (Lipinski definition) is 6. The molecule has 0 atom stereocenters. The molecule has 0 saturated heterocycles. The highest BCUT2D eigenvalue weighted by molar-refractivity contribution is 7.98. The number of rotatable bonds is 5. The first kappa shape index (κ1) is 15.9. The summed E-state index contributed by atoms with van der Waals surface area (Å²) in [4.78, 5) is 6.34. The van der Waals surface area contributed by atoms with E-state index in [1.807, 2.05) is 27.2 Å². The van der Waals surface area contributed by atoms with Crippen LogP contribution in [0.2, 0.25) is 0 Å². The zero-order chi connectivity index (χ0) is 16.1. The molecule has 0 amide bonds. The molecule has 2 heterocycles. The zero-order valence-electron chi connectivity index (χ0n) is 12.7. The van der Waals surface area contributed by atoms with Gasteiger partial charge in [-0.2, -0.15) is 15.6 Å². The number of nitrogens with zero attached hydrogens (tertiary/aromatic N) is 5. The monoisotopic (exact) mass is 312 g/mol. The third kappa shape index (κ3) is 3.05. The summed E-state index contributed by atoms with van der Waals surface area (Å²) in [6.07, 6.45) is 4.18. The summed E-state index contributed by atoms with van der Waals surface area (Å²) in [5.74, 6) is 1.27. The van der Waals surface area contributed by atoms with E-state index in [9.17, 15) is 10.5 Å². The molecular formula is C15H16N6S. The number of aromatic amines is 1. The minimum atomic E-state index is 0.483. The summed E-state index contributed by atoms with van der Waals surface area (Å²) in [5.41, 5.74) is 2.78. The lowest BCUT2D eigenvalue weighted by molar-refractivity contribution is 0.964. The molecule has 22 heavy (non-hydrogen) atoms. The lowest BCUT2D eigenvalue weighted by atomic mass is 10.0. The third-order valence-electron chi connectivity index (χ3n) is 3.18. The van der Waals surface area contributed by atoms with Gasteiger partial charge in [-0.3, -0.25) is 5.10 Å². The Kier molecular flexibility index (Phi) is 5.03. The molecule has 2 rings (SSSR count). The van der Waals surface area contributed by atoms with Crippen LogP contribution in [0.5, 0.6) is 0 Å². The molecule has 112 valence electrons. The summed E-state index contributed by atoms with van der Waals surface area (Å²) in [6, 6.07) is 4.40. The second-order valence-corrected chi connectivity index (χ2v) is 5.80. The van der Waals surface area contributed by atoms with Crippen molar-refractivity contribution in [1.82, 2.24) is 15.2 Å². The van der Waals surface area contributed by atoms with E-state index in [4.69, 9.17) is 0 Å². The summed E-state index contributed by atoms with van der Waals surface area (Å²) >= 11 is 1.48. The number of nitrogens with one attached hydrogen (secondary N) is 1. The number of aromatic nitrogens is 3.